The molecular formula is C10H13NOS. The first-order chi connectivity index (χ1) is 6.29. The Morgan fingerprint density at radius 1 is 1.69 bits per heavy atom. The number of nitrogens with one attached hydrogen (secondary N) is 1. The highest BCUT2D eigenvalue weighted by Gasteiger charge is 2.24. The van der Waals surface area contributed by atoms with Crippen LogP contribution in [0.15, 0.2) is 11.4 Å². The normalized spacial score (nSPS) is 22.1. The molecular weight excluding hydrogens is 182 g/mol. The van der Waals surface area contributed by atoms with Crippen molar-refractivity contribution in [3.8, 4) is 0 Å². The molecule has 0 bridgehead atoms. The number of ketones is 1. The van der Waals surface area contributed by atoms with Gasteiger partial charge in [0.05, 0.1) is 6.04 Å². The Morgan fingerprint density at radius 2 is 2.54 bits per heavy atom. The smallest absolute Gasteiger partial charge is 0.180 e. The number of carbonyl (C=O) groups is 1. The molecule has 1 saturated heterocycles. The van der Waals surface area contributed by atoms with Crippen molar-refractivity contribution in [2.45, 2.75) is 25.8 Å². The standard InChI is InChI=1S/C10H13NOS/c1-7-8(4-6-13-7)10(12)9-3-2-5-11-9/h4,6,9,11H,2-3,5H2,1H3. The Labute approximate surface area is 82.0 Å². The number of aryl methyl sites for hydroxylation is 1. The van der Waals surface area contributed by atoms with Gasteiger partial charge in [0.25, 0.3) is 0 Å². The molecule has 1 aromatic rings. The molecule has 1 fully saturated rings. The average molecular weight is 195 g/mol. The molecule has 1 unspecified atom stereocenters. The van der Waals surface area contributed by atoms with Crippen molar-refractivity contribution < 1.29 is 4.79 Å². The maximum Gasteiger partial charge on any atom is 0.180 e. The number of carbonyl (C=O) groups excluding carboxylic acids is 1. The molecule has 0 amide bonds. The summed E-state index contributed by atoms with van der Waals surface area (Å²) < 4.78 is 0. The minimum absolute atomic E-state index is 0.0771. The molecule has 2 rings (SSSR count). The van der Waals surface area contributed by atoms with Crippen molar-refractivity contribution in [1.82, 2.24) is 5.32 Å². The minimum atomic E-state index is 0.0771. The molecule has 2 nitrogen and oxygen atoms in total. The highest BCUT2D eigenvalue weighted by molar-refractivity contribution is 7.10. The monoisotopic (exact) mass is 195 g/mol. The second-order valence-electron chi connectivity index (χ2n) is 3.40. The van der Waals surface area contributed by atoms with Crippen LogP contribution in [-0.2, 0) is 0 Å². The lowest BCUT2D eigenvalue weighted by atomic mass is 10.0. The summed E-state index contributed by atoms with van der Waals surface area (Å²) in [5.41, 5.74) is 0.907. The van der Waals surface area contributed by atoms with Gasteiger partial charge in [0.2, 0.25) is 0 Å². The Kier molecular flexibility index (Phi) is 2.47. The summed E-state index contributed by atoms with van der Waals surface area (Å²) in [6, 6.07) is 2.01. The second-order valence-corrected chi connectivity index (χ2v) is 4.52. The maximum atomic E-state index is 11.9. The van der Waals surface area contributed by atoms with Crippen LogP contribution >= 0.6 is 11.3 Å². The van der Waals surface area contributed by atoms with Crippen LogP contribution in [0.5, 0.6) is 0 Å². The van der Waals surface area contributed by atoms with Gasteiger partial charge in [0.1, 0.15) is 0 Å². The summed E-state index contributed by atoms with van der Waals surface area (Å²) in [4.78, 5) is 13.0. The summed E-state index contributed by atoms with van der Waals surface area (Å²) in [7, 11) is 0. The average Bonchev–Trinajstić information content (AvgIpc) is 2.72. The summed E-state index contributed by atoms with van der Waals surface area (Å²) in [6.45, 7) is 2.99. The summed E-state index contributed by atoms with van der Waals surface area (Å²) in [6.07, 6.45) is 2.12. The predicted octanol–water partition coefficient (Wildman–Crippen LogP) is 1.99. The van der Waals surface area contributed by atoms with Crippen LogP contribution in [0.25, 0.3) is 0 Å². The van der Waals surface area contributed by atoms with E-state index in [1.165, 1.54) is 0 Å². The molecule has 70 valence electrons. The van der Waals surface area contributed by atoms with Crippen molar-refractivity contribution in [2.24, 2.45) is 0 Å². The molecule has 1 N–H and O–H groups in total. The van der Waals surface area contributed by atoms with Gasteiger partial charge in [-0.15, -0.1) is 11.3 Å². The summed E-state index contributed by atoms with van der Waals surface area (Å²) in [5.74, 6) is 0.274. The van der Waals surface area contributed by atoms with Crippen LogP contribution in [0.2, 0.25) is 0 Å². The van der Waals surface area contributed by atoms with E-state index in [0.717, 1.165) is 29.8 Å². The molecule has 0 saturated carbocycles. The van der Waals surface area contributed by atoms with Crippen LogP contribution in [0.1, 0.15) is 28.1 Å². The van der Waals surface area contributed by atoms with E-state index in [0.29, 0.717) is 0 Å². The third-order valence-corrected chi connectivity index (χ3v) is 3.35. The van der Waals surface area contributed by atoms with E-state index >= 15 is 0 Å². The van der Waals surface area contributed by atoms with Gasteiger partial charge in [0.15, 0.2) is 5.78 Å². The first kappa shape index (κ1) is 8.91. The molecule has 0 aromatic carbocycles. The Hall–Kier alpha value is -0.670. The Bertz CT molecular complexity index is 312. The molecule has 2 heterocycles. The van der Waals surface area contributed by atoms with Crippen molar-refractivity contribution >= 4 is 17.1 Å². The summed E-state index contributed by atoms with van der Waals surface area (Å²) in [5, 5.41) is 5.21. The van der Waals surface area contributed by atoms with Gasteiger partial charge in [-0.3, -0.25) is 4.79 Å². The number of hydrogen-bond donors (Lipinski definition) is 1. The molecule has 1 aliphatic heterocycles. The van der Waals surface area contributed by atoms with E-state index in [-0.39, 0.29) is 11.8 Å². The molecule has 0 aliphatic carbocycles. The molecule has 0 radical (unpaired) electrons. The molecule has 1 atom stereocenters. The first-order valence-corrected chi connectivity index (χ1v) is 5.48. The zero-order valence-electron chi connectivity index (χ0n) is 7.67. The van der Waals surface area contributed by atoms with E-state index in [1.807, 2.05) is 18.4 Å². The highest BCUT2D eigenvalue weighted by Crippen LogP contribution is 2.19. The van der Waals surface area contributed by atoms with Crippen molar-refractivity contribution in [2.75, 3.05) is 6.54 Å². The molecule has 0 spiro atoms. The third kappa shape index (κ3) is 1.67. The molecule has 13 heavy (non-hydrogen) atoms. The quantitative estimate of drug-likeness (QED) is 0.731. The summed E-state index contributed by atoms with van der Waals surface area (Å²) >= 11 is 1.64. The number of hydrogen-bond acceptors (Lipinski definition) is 3. The molecule has 3 heteroatoms. The zero-order valence-corrected chi connectivity index (χ0v) is 8.49. The van der Waals surface area contributed by atoms with E-state index in [4.69, 9.17) is 0 Å². The Morgan fingerprint density at radius 3 is 3.08 bits per heavy atom. The van der Waals surface area contributed by atoms with Gasteiger partial charge in [-0.05, 0) is 37.8 Å². The topological polar surface area (TPSA) is 29.1 Å². The maximum absolute atomic E-state index is 11.9. The van der Waals surface area contributed by atoms with E-state index in [2.05, 4.69) is 5.32 Å². The predicted molar refractivity (Wildman–Crippen MR) is 54.4 cm³/mol. The van der Waals surface area contributed by atoms with Gasteiger partial charge >= 0.3 is 0 Å². The second kappa shape index (κ2) is 3.60. The number of rotatable bonds is 2. The number of Topliss-reactive ketones (excluding diaryl/α,β-unsaturated/α-hetero) is 1. The lowest BCUT2D eigenvalue weighted by Gasteiger charge is -2.07. The molecule has 1 aliphatic rings. The minimum Gasteiger partial charge on any atom is -0.307 e. The molecule has 1 aromatic heterocycles. The van der Waals surface area contributed by atoms with Gasteiger partial charge < -0.3 is 5.32 Å². The van der Waals surface area contributed by atoms with Gasteiger partial charge in [-0.2, -0.15) is 0 Å². The van der Waals surface area contributed by atoms with E-state index in [1.54, 1.807) is 11.3 Å². The van der Waals surface area contributed by atoms with E-state index in [9.17, 15) is 4.79 Å². The van der Waals surface area contributed by atoms with Crippen LogP contribution in [0, 0.1) is 6.92 Å². The van der Waals surface area contributed by atoms with Crippen LogP contribution in [0.4, 0.5) is 0 Å². The van der Waals surface area contributed by atoms with Gasteiger partial charge in [0, 0.05) is 10.4 Å². The van der Waals surface area contributed by atoms with Crippen molar-refractivity contribution in [1.29, 1.82) is 0 Å². The Balaban J connectivity index is 2.17. The fraction of sp³-hybridized carbons (Fsp3) is 0.500. The fourth-order valence-corrected chi connectivity index (χ4v) is 2.44. The van der Waals surface area contributed by atoms with Crippen LogP contribution in [-0.4, -0.2) is 18.4 Å². The van der Waals surface area contributed by atoms with E-state index < -0.39 is 0 Å². The van der Waals surface area contributed by atoms with Crippen LogP contribution in [0.3, 0.4) is 0 Å². The largest absolute Gasteiger partial charge is 0.307 e. The van der Waals surface area contributed by atoms with Crippen molar-refractivity contribution in [3.63, 3.8) is 0 Å². The highest BCUT2D eigenvalue weighted by atomic mass is 32.1. The van der Waals surface area contributed by atoms with Crippen molar-refractivity contribution in [3.05, 3.63) is 21.9 Å². The number of thiophene rings is 1. The fourth-order valence-electron chi connectivity index (χ4n) is 1.74. The lowest BCUT2D eigenvalue weighted by Crippen LogP contribution is -2.30. The van der Waals surface area contributed by atoms with Crippen LogP contribution < -0.4 is 5.32 Å². The first-order valence-electron chi connectivity index (χ1n) is 4.61. The lowest BCUT2D eigenvalue weighted by molar-refractivity contribution is 0.0952. The third-order valence-electron chi connectivity index (χ3n) is 2.50. The SMILES string of the molecule is Cc1sccc1C(=O)C1CCCN1. The van der Waals surface area contributed by atoms with Gasteiger partial charge in [-0.25, -0.2) is 0 Å². The zero-order chi connectivity index (χ0) is 9.26. The van der Waals surface area contributed by atoms with Gasteiger partial charge in [-0.1, -0.05) is 0 Å².